The molecule has 1 aliphatic heterocycles. The number of benzene rings is 2. The van der Waals surface area contributed by atoms with Crippen LogP contribution in [-0.2, 0) is 13.1 Å². The number of carbonyl (C=O) groups excluding carboxylic acids is 2. The van der Waals surface area contributed by atoms with Crippen LogP contribution in [0.2, 0.25) is 5.15 Å². The van der Waals surface area contributed by atoms with E-state index in [9.17, 15) is 19.2 Å². The van der Waals surface area contributed by atoms with Gasteiger partial charge >= 0.3 is 0 Å². The van der Waals surface area contributed by atoms with Gasteiger partial charge in [-0.1, -0.05) is 48.0 Å². The third-order valence-corrected chi connectivity index (χ3v) is 11.2. The van der Waals surface area contributed by atoms with Crippen molar-refractivity contribution >= 4 is 82.7 Å². The van der Waals surface area contributed by atoms with Crippen molar-refractivity contribution in [3.05, 3.63) is 202 Å². The molecule has 8 aromatic rings. The van der Waals surface area contributed by atoms with Crippen LogP contribution < -0.4 is 15.8 Å². The first-order chi connectivity index (χ1) is 29.1. The molecule has 6 aromatic heterocycles. The zero-order chi connectivity index (χ0) is 41.8. The quantitative estimate of drug-likeness (QED) is 0.103. The Hall–Kier alpha value is -6.15. The lowest BCUT2D eigenvalue weighted by Gasteiger charge is -2.16. The number of para-hydroxylation sites is 2. The molecule has 2 aromatic carbocycles. The highest BCUT2D eigenvalue weighted by atomic mass is 79.9. The van der Waals surface area contributed by atoms with Crippen LogP contribution in [0.3, 0.4) is 0 Å². The number of hydrogen-bond donors (Lipinski definition) is 0. The first kappa shape index (κ1) is 40.6. The highest BCUT2D eigenvalue weighted by Crippen LogP contribution is 2.21. The molecule has 0 bridgehead atoms. The number of rotatable bonds is 9. The van der Waals surface area contributed by atoms with Gasteiger partial charge in [-0.2, -0.15) is 0 Å². The summed E-state index contributed by atoms with van der Waals surface area (Å²) in [6.07, 6.45) is 8.50. The SMILES string of the molecule is O=C(c1ccc(Cl)nc1)c1cn(Cc2cccc(Br)n2)c2ccccc2c1=O.O=C(c1ccc(N2CCCC2)nc1)c1cn(Cc2cccc(Br)n2)c2ccccc2c1=O. The van der Waals surface area contributed by atoms with Gasteiger partial charge in [0.25, 0.3) is 0 Å². The lowest BCUT2D eigenvalue weighted by Crippen LogP contribution is -2.21. The number of ketones is 2. The fraction of sp³-hybridized carbons (Fsp3) is 0.130. The minimum Gasteiger partial charge on any atom is -0.357 e. The monoisotopic (exact) mass is 941 g/mol. The van der Waals surface area contributed by atoms with E-state index in [1.807, 2.05) is 81.9 Å². The normalized spacial score (nSPS) is 12.3. The molecule has 9 rings (SSSR count). The molecule has 1 fully saturated rings. The summed E-state index contributed by atoms with van der Waals surface area (Å²) < 4.78 is 5.23. The Balaban J connectivity index is 0.000000168. The van der Waals surface area contributed by atoms with Crippen molar-refractivity contribution in [2.75, 3.05) is 18.0 Å². The van der Waals surface area contributed by atoms with Crippen molar-refractivity contribution in [2.45, 2.75) is 25.9 Å². The number of fused-ring (bicyclic) bond motifs is 2. The van der Waals surface area contributed by atoms with E-state index in [2.05, 4.69) is 56.7 Å². The Kier molecular flexibility index (Phi) is 12.2. The van der Waals surface area contributed by atoms with Crippen LogP contribution >= 0.6 is 43.5 Å². The van der Waals surface area contributed by atoms with Crippen molar-refractivity contribution in [1.29, 1.82) is 0 Å². The molecule has 0 atom stereocenters. The summed E-state index contributed by atoms with van der Waals surface area (Å²) in [7, 11) is 0. The summed E-state index contributed by atoms with van der Waals surface area (Å²) >= 11 is 12.6. The van der Waals surface area contributed by atoms with E-state index in [1.54, 1.807) is 48.9 Å². The summed E-state index contributed by atoms with van der Waals surface area (Å²) in [5.41, 5.74) is 3.47. The molecule has 60 heavy (non-hydrogen) atoms. The van der Waals surface area contributed by atoms with Crippen molar-refractivity contribution in [3.63, 3.8) is 0 Å². The van der Waals surface area contributed by atoms with E-state index in [0.717, 1.165) is 63.4 Å². The zero-order valence-electron chi connectivity index (χ0n) is 31.8. The summed E-state index contributed by atoms with van der Waals surface area (Å²) in [4.78, 5) is 72.0. The maximum Gasteiger partial charge on any atom is 0.200 e. The summed E-state index contributed by atoms with van der Waals surface area (Å²) in [6, 6.07) is 32.6. The minimum absolute atomic E-state index is 0.0813. The molecule has 0 unspecified atom stereocenters. The van der Waals surface area contributed by atoms with E-state index in [4.69, 9.17) is 11.6 Å². The number of halogens is 3. The van der Waals surface area contributed by atoms with Crippen LogP contribution in [0.5, 0.6) is 0 Å². The van der Waals surface area contributed by atoms with E-state index in [1.165, 1.54) is 12.3 Å². The third kappa shape index (κ3) is 8.88. The number of aromatic nitrogens is 6. The molecule has 11 nitrogen and oxygen atoms in total. The molecule has 0 radical (unpaired) electrons. The van der Waals surface area contributed by atoms with Gasteiger partial charge in [0.1, 0.15) is 20.2 Å². The molecular weight excluding hydrogens is 910 g/mol. The largest absolute Gasteiger partial charge is 0.357 e. The third-order valence-electron chi connectivity index (χ3n) is 10.1. The fourth-order valence-corrected chi connectivity index (χ4v) is 8.05. The smallest absolute Gasteiger partial charge is 0.200 e. The fourth-order valence-electron chi connectivity index (χ4n) is 7.18. The van der Waals surface area contributed by atoms with E-state index < -0.39 is 5.78 Å². The van der Waals surface area contributed by atoms with Crippen molar-refractivity contribution < 1.29 is 9.59 Å². The number of carbonyl (C=O) groups is 2. The predicted octanol–water partition coefficient (Wildman–Crippen LogP) is 8.92. The van der Waals surface area contributed by atoms with E-state index >= 15 is 0 Å². The number of pyridine rings is 6. The molecule has 1 saturated heterocycles. The molecule has 0 N–H and O–H groups in total. The number of anilines is 1. The summed E-state index contributed by atoms with van der Waals surface area (Å²) in [5, 5.41) is 1.27. The molecule has 0 saturated carbocycles. The highest BCUT2D eigenvalue weighted by molar-refractivity contribution is 9.10. The standard InChI is InChI=1S/C25H21BrN4O2.C21H13BrClN3O2/c26-22-9-5-6-18(28-22)15-30-16-20(25(32)19-7-1-2-8-21(19)30)24(31)17-10-11-23(27-14-17)29-12-3-4-13-29;22-18-7-3-4-14(25-18)11-26-12-16(20(27)13-8-9-19(23)24-10-13)21(28)15-5-1-2-6-17(15)26/h1-2,5-11,14,16H,3-4,12-13,15H2;1-10,12H,11H2. The predicted molar refractivity (Wildman–Crippen MR) is 240 cm³/mol. The molecule has 298 valence electrons. The molecule has 7 heterocycles. The average Bonchev–Trinajstić information content (AvgIpc) is 3.82. The van der Waals surface area contributed by atoms with Gasteiger partial charge in [-0.3, -0.25) is 19.2 Å². The Bertz CT molecular complexity index is 3020. The second-order valence-corrected chi connectivity index (χ2v) is 16.1. The first-order valence-corrected chi connectivity index (χ1v) is 21.0. The van der Waals surface area contributed by atoms with Gasteiger partial charge in [0.2, 0.25) is 10.9 Å². The van der Waals surface area contributed by atoms with Crippen LogP contribution in [0.15, 0.2) is 153 Å². The lowest BCUT2D eigenvalue weighted by atomic mass is 10.0. The Morgan fingerprint density at radius 2 is 1.07 bits per heavy atom. The van der Waals surface area contributed by atoms with Gasteiger partial charge in [0, 0.05) is 59.8 Å². The van der Waals surface area contributed by atoms with Gasteiger partial charge in [0.15, 0.2) is 11.6 Å². The lowest BCUT2D eigenvalue weighted by molar-refractivity contribution is 0.102. The second kappa shape index (κ2) is 18.0. The molecule has 1 aliphatic rings. The van der Waals surface area contributed by atoms with Gasteiger partial charge < -0.3 is 14.0 Å². The summed E-state index contributed by atoms with van der Waals surface area (Å²) in [6.45, 7) is 2.82. The van der Waals surface area contributed by atoms with Gasteiger partial charge in [-0.05, 0) is 117 Å². The van der Waals surface area contributed by atoms with Crippen LogP contribution in [0, 0.1) is 0 Å². The number of hydrogen-bond acceptors (Lipinski definition) is 9. The second-order valence-electron chi connectivity index (χ2n) is 14.1. The maximum atomic E-state index is 13.3. The Labute approximate surface area is 365 Å². The van der Waals surface area contributed by atoms with Crippen molar-refractivity contribution in [1.82, 2.24) is 29.1 Å². The Morgan fingerprint density at radius 3 is 1.52 bits per heavy atom. The average molecular weight is 944 g/mol. The van der Waals surface area contributed by atoms with Crippen LogP contribution in [-0.4, -0.2) is 53.7 Å². The van der Waals surface area contributed by atoms with Crippen LogP contribution in [0.4, 0.5) is 5.82 Å². The topological polar surface area (TPSA) is 133 Å². The van der Waals surface area contributed by atoms with Gasteiger partial charge in [-0.15, -0.1) is 0 Å². The molecule has 0 spiro atoms. The summed E-state index contributed by atoms with van der Waals surface area (Å²) in [5.74, 6) is 0.156. The molecule has 0 aliphatic carbocycles. The van der Waals surface area contributed by atoms with Gasteiger partial charge in [0.05, 0.1) is 46.6 Å². The van der Waals surface area contributed by atoms with E-state index in [-0.39, 0.29) is 32.9 Å². The molecule has 0 amide bonds. The van der Waals surface area contributed by atoms with Crippen LogP contribution in [0.25, 0.3) is 21.8 Å². The van der Waals surface area contributed by atoms with Gasteiger partial charge in [-0.25, -0.2) is 19.9 Å². The minimum atomic E-state index is -0.393. The van der Waals surface area contributed by atoms with E-state index in [0.29, 0.717) is 35.0 Å². The van der Waals surface area contributed by atoms with Crippen molar-refractivity contribution in [2.24, 2.45) is 0 Å². The maximum absolute atomic E-state index is 13.3. The molecular formula is C46H34Br2ClN7O4. The zero-order valence-corrected chi connectivity index (χ0v) is 35.8. The Morgan fingerprint density at radius 1 is 0.583 bits per heavy atom. The van der Waals surface area contributed by atoms with Crippen molar-refractivity contribution in [3.8, 4) is 0 Å². The first-order valence-electron chi connectivity index (χ1n) is 19.0. The highest BCUT2D eigenvalue weighted by Gasteiger charge is 2.20. The molecule has 14 heteroatoms. The van der Waals surface area contributed by atoms with Crippen LogP contribution in [0.1, 0.15) is 56.1 Å². The number of nitrogens with zero attached hydrogens (tertiary/aromatic N) is 7.